The predicted molar refractivity (Wildman–Crippen MR) is 45.3 cm³/mol. The van der Waals surface area contributed by atoms with E-state index >= 15 is 0 Å². The van der Waals surface area contributed by atoms with Gasteiger partial charge in [0.25, 0.3) is 12.0 Å². The van der Waals surface area contributed by atoms with E-state index in [0.29, 0.717) is 0 Å². The van der Waals surface area contributed by atoms with Crippen molar-refractivity contribution in [1.82, 2.24) is 5.32 Å². The molecule has 18 heavy (non-hydrogen) atoms. The van der Waals surface area contributed by atoms with Gasteiger partial charge >= 0.3 is 18.4 Å². The van der Waals surface area contributed by atoms with Crippen LogP contribution in [0, 0.1) is 0 Å². The number of amides is 2. The molecular formula is C8H7F6NO3. The quantitative estimate of drug-likeness (QED) is 0.623. The van der Waals surface area contributed by atoms with Crippen molar-refractivity contribution < 1.29 is 40.7 Å². The average molecular weight is 279 g/mol. The highest BCUT2D eigenvalue weighted by molar-refractivity contribution is 6.01. The van der Waals surface area contributed by atoms with Crippen LogP contribution in [0.15, 0.2) is 12.2 Å². The minimum atomic E-state index is -5.83. The summed E-state index contributed by atoms with van der Waals surface area (Å²) >= 11 is 0. The van der Waals surface area contributed by atoms with Crippen LogP contribution in [0.5, 0.6) is 0 Å². The first-order valence-electron chi connectivity index (χ1n) is 4.16. The topological polar surface area (TPSA) is 55.4 Å². The number of nitrogens with one attached hydrogen (secondary N) is 1. The summed E-state index contributed by atoms with van der Waals surface area (Å²) in [5.74, 6) is -1.25. The third-order valence-corrected chi connectivity index (χ3v) is 1.42. The zero-order valence-corrected chi connectivity index (χ0v) is 8.78. The van der Waals surface area contributed by atoms with Crippen LogP contribution in [-0.4, -0.2) is 30.5 Å². The molecule has 2 amide bonds. The zero-order chi connectivity index (χ0) is 14.7. The van der Waals surface area contributed by atoms with Gasteiger partial charge in [0.05, 0.1) is 0 Å². The fourth-order valence-corrected chi connectivity index (χ4v) is 0.655. The summed E-state index contributed by atoms with van der Waals surface area (Å²) in [5.41, 5.74) is -0.289. The lowest BCUT2D eigenvalue weighted by molar-refractivity contribution is -0.306. The Morgan fingerprint density at radius 1 is 1.11 bits per heavy atom. The van der Waals surface area contributed by atoms with Gasteiger partial charge in [-0.25, -0.2) is 4.79 Å². The molecule has 0 saturated heterocycles. The SMILES string of the molecule is C=C(C)C(=O)NC(=O)OC(C(F)(F)F)C(F)(F)F. The van der Waals surface area contributed by atoms with Crippen molar-refractivity contribution >= 4 is 12.0 Å². The van der Waals surface area contributed by atoms with Gasteiger partial charge in [0, 0.05) is 5.57 Å². The maximum absolute atomic E-state index is 11.9. The highest BCUT2D eigenvalue weighted by Crippen LogP contribution is 2.35. The van der Waals surface area contributed by atoms with E-state index in [1.54, 1.807) is 0 Å². The number of ether oxygens (including phenoxy) is 1. The number of alkyl halides is 6. The molecule has 0 aliphatic rings. The monoisotopic (exact) mass is 279 g/mol. The lowest BCUT2D eigenvalue weighted by Crippen LogP contribution is -2.48. The molecule has 0 aromatic carbocycles. The predicted octanol–water partition coefficient (Wildman–Crippen LogP) is 2.31. The van der Waals surface area contributed by atoms with Crippen molar-refractivity contribution in [3.63, 3.8) is 0 Å². The molecule has 0 atom stereocenters. The highest BCUT2D eigenvalue weighted by atomic mass is 19.4. The van der Waals surface area contributed by atoms with E-state index in [4.69, 9.17) is 0 Å². The fourth-order valence-electron chi connectivity index (χ4n) is 0.655. The van der Waals surface area contributed by atoms with Crippen molar-refractivity contribution in [2.24, 2.45) is 0 Å². The minimum absolute atomic E-state index is 0.289. The van der Waals surface area contributed by atoms with Crippen LogP contribution >= 0.6 is 0 Å². The highest BCUT2D eigenvalue weighted by Gasteiger charge is 2.60. The van der Waals surface area contributed by atoms with Crippen LogP contribution in [0.1, 0.15) is 6.92 Å². The van der Waals surface area contributed by atoms with Crippen LogP contribution in [0.4, 0.5) is 31.1 Å². The number of carbonyl (C=O) groups is 2. The summed E-state index contributed by atoms with van der Waals surface area (Å²) < 4.78 is 74.8. The number of carbonyl (C=O) groups excluding carboxylic acids is 2. The smallest absolute Gasteiger partial charge is 0.426 e. The molecule has 1 N–H and O–H groups in total. The second kappa shape index (κ2) is 5.27. The van der Waals surface area contributed by atoms with Crippen molar-refractivity contribution in [2.75, 3.05) is 0 Å². The molecular weight excluding hydrogens is 272 g/mol. The maximum atomic E-state index is 11.9. The Balaban J connectivity index is 4.77. The molecule has 10 heteroatoms. The van der Waals surface area contributed by atoms with Gasteiger partial charge in [0.15, 0.2) is 0 Å². The summed E-state index contributed by atoms with van der Waals surface area (Å²) in [6.07, 6.45) is -18.1. The van der Waals surface area contributed by atoms with Crippen LogP contribution in [0.25, 0.3) is 0 Å². The number of alkyl carbamates (subject to hydrolysis) is 1. The summed E-state index contributed by atoms with van der Waals surface area (Å²) in [4.78, 5) is 21.4. The molecule has 0 saturated carbocycles. The van der Waals surface area contributed by atoms with Gasteiger partial charge in [-0.2, -0.15) is 26.3 Å². The zero-order valence-electron chi connectivity index (χ0n) is 8.78. The Hall–Kier alpha value is -1.74. The molecule has 0 aliphatic heterocycles. The van der Waals surface area contributed by atoms with Crippen molar-refractivity contribution in [1.29, 1.82) is 0 Å². The molecule has 0 aromatic rings. The normalized spacial score (nSPS) is 12.2. The number of hydrogen-bond donors (Lipinski definition) is 1. The Labute approximate surface area is 96.6 Å². The minimum Gasteiger partial charge on any atom is -0.426 e. The maximum Gasteiger partial charge on any atom is 0.434 e. The van der Waals surface area contributed by atoms with Crippen LogP contribution in [0.3, 0.4) is 0 Å². The summed E-state index contributed by atoms with van der Waals surface area (Å²) in [6.45, 7) is 4.11. The molecule has 0 unspecified atom stereocenters. The Kier molecular flexibility index (Phi) is 4.76. The number of halogens is 6. The lowest BCUT2D eigenvalue weighted by Gasteiger charge is -2.22. The fraction of sp³-hybridized carbons (Fsp3) is 0.500. The second-order valence-electron chi connectivity index (χ2n) is 3.10. The van der Waals surface area contributed by atoms with E-state index in [-0.39, 0.29) is 5.57 Å². The molecule has 0 rings (SSSR count). The van der Waals surface area contributed by atoms with Crippen molar-refractivity contribution in [2.45, 2.75) is 25.4 Å². The van der Waals surface area contributed by atoms with Gasteiger partial charge in [-0.05, 0) is 6.92 Å². The number of rotatable bonds is 2. The first kappa shape index (κ1) is 16.3. The first-order valence-corrected chi connectivity index (χ1v) is 4.16. The summed E-state index contributed by atoms with van der Waals surface area (Å²) in [6, 6.07) is 0. The molecule has 104 valence electrons. The Morgan fingerprint density at radius 3 is 1.78 bits per heavy atom. The van der Waals surface area contributed by atoms with Gasteiger partial charge in [0.2, 0.25) is 0 Å². The summed E-state index contributed by atoms with van der Waals surface area (Å²) in [5, 5.41) is 1.15. The van der Waals surface area contributed by atoms with Gasteiger partial charge < -0.3 is 4.74 Å². The third-order valence-electron chi connectivity index (χ3n) is 1.42. The van der Waals surface area contributed by atoms with Gasteiger partial charge in [0.1, 0.15) is 0 Å². The third kappa shape index (κ3) is 5.06. The Morgan fingerprint density at radius 2 is 1.50 bits per heavy atom. The van der Waals surface area contributed by atoms with Gasteiger partial charge in [-0.15, -0.1) is 0 Å². The first-order chi connectivity index (χ1) is 7.85. The van der Waals surface area contributed by atoms with E-state index in [2.05, 4.69) is 11.3 Å². The van der Waals surface area contributed by atoms with Crippen molar-refractivity contribution in [3.05, 3.63) is 12.2 Å². The van der Waals surface area contributed by atoms with Crippen molar-refractivity contribution in [3.8, 4) is 0 Å². The average Bonchev–Trinajstić information content (AvgIpc) is 2.10. The molecule has 0 spiro atoms. The van der Waals surface area contributed by atoms with E-state index < -0.39 is 30.5 Å². The largest absolute Gasteiger partial charge is 0.434 e. The van der Waals surface area contributed by atoms with E-state index in [9.17, 15) is 35.9 Å². The molecule has 0 fully saturated rings. The van der Waals surface area contributed by atoms with Crippen LogP contribution < -0.4 is 5.32 Å². The lowest BCUT2D eigenvalue weighted by atomic mass is 10.3. The molecule has 4 nitrogen and oxygen atoms in total. The van der Waals surface area contributed by atoms with E-state index in [1.807, 2.05) is 0 Å². The number of hydrogen-bond acceptors (Lipinski definition) is 3. The molecule has 0 bridgehead atoms. The summed E-state index contributed by atoms with van der Waals surface area (Å²) in [7, 11) is 0. The molecule has 0 aliphatic carbocycles. The van der Waals surface area contributed by atoms with Crippen LogP contribution in [-0.2, 0) is 9.53 Å². The van der Waals surface area contributed by atoms with E-state index in [0.717, 1.165) is 12.2 Å². The molecule has 0 aromatic heterocycles. The molecule has 0 radical (unpaired) electrons. The number of imide groups is 1. The second-order valence-corrected chi connectivity index (χ2v) is 3.10. The van der Waals surface area contributed by atoms with Gasteiger partial charge in [-0.3, -0.25) is 10.1 Å². The Bertz CT molecular complexity index is 345. The van der Waals surface area contributed by atoms with E-state index in [1.165, 1.54) is 0 Å². The standard InChI is InChI=1S/C8H7F6NO3/c1-3(2)4(16)15-6(17)18-5(7(9,10)11)8(12,13)14/h5H,1H2,2H3,(H,15,16,17). The molecule has 0 heterocycles. The van der Waals surface area contributed by atoms with Crippen LogP contribution in [0.2, 0.25) is 0 Å². The van der Waals surface area contributed by atoms with Gasteiger partial charge in [-0.1, -0.05) is 6.58 Å².